The summed E-state index contributed by atoms with van der Waals surface area (Å²) in [5.41, 5.74) is 6.55. The molecule has 5 heterocycles. The van der Waals surface area contributed by atoms with Gasteiger partial charge >= 0.3 is 5.97 Å². The van der Waals surface area contributed by atoms with Gasteiger partial charge in [-0.3, -0.25) is 9.59 Å². The smallest absolute Gasteiger partial charge is 0.348 e. The lowest BCUT2D eigenvalue weighted by Gasteiger charge is -2.53. The Morgan fingerprint density at radius 1 is 1.04 bits per heavy atom. The highest BCUT2D eigenvalue weighted by molar-refractivity contribution is 7.17. The number of ether oxygens (including phenoxy) is 2. The molecule has 3 aliphatic rings. The molecule has 1 N–H and O–H groups in total. The third-order valence-electron chi connectivity index (χ3n) is 9.55. The van der Waals surface area contributed by atoms with Crippen molar-refractivity contribution in [1.29, 1.82) is 0 Å². The quantitative estimate of drug-likeness (QED) is 0.233. The number of nitrogens with zero attached hydrogens (tertiary/aromatic N) is 3. The molecule has 2 aromatic carbocycles. The fourth-order valence-corrected chi connectivity index (χ4v) is 8.26. The molecule has 2 saturated heterocycles. The average molecular weight is 651 g/mol. The molecule has 0 radical (unpaired) electrons. The predicted molar refractivity (Wildman–Crippen MR) is 184 cm³/mol. The number of para-hydroxylation sites is 1. The van der Waals surface area contributed by atoms with Crippen molar-refractivity contribution in [3.8, 4) is 10.4 Å². The molecule has 4 aromatic rings. The highest BCUT2D eigenvalue weighted by atomic mass is 32.1. The maximum Gasteiger partial charge on any atom is 0.348 e. The maximum absolute atomic E-state index is 14.0. The number of fused-ring (bicyclic) bond motifs is 3. The molecule has 10 heteroatoms. The minimum Gasteiger partial charge on any atom is -0.462 e. The Hall–Kier alpha value is -4.54. The molecule has 9 nitrogen and oxygen atoms in total. The number of carbonyl (C=O) groups excluding carboxylic acids is 3. The van der Waals surface area contributed by atoms with Crippen LogP contribution in [-0.2, 0) is 15.9 Å². The number of aryl methyl sites for hydroxylation is 1. The second-order valence-electron chi connectivity index (χ2n) is 12.7. The maximum atomic E-state index is 14.0. The second-order valence-corrected chi connectivity index (χ2v) is 13.7. The largest absolute Gasteiger partial charge is 0.462 e. The zero-order chi connectivity index (χ0) is 32.7. The van der Waals surface area contributed by atoms with Crippen molar-refractivity contribution in [1.82, 2.24) is 4.98 Å². The van der Waals surface area contributed by atoms with Crippen molar-refractivity contribution in [2.24, 2.45) is 5.41 Å². The molecular weight excluding hydrogens is 612 g/mol. The number of pyridine rings is 1. The standard InChI is InChI=1S/C37H38N4O5S/c1-4-46-36(44)31-24(3)27-13-16-41(30-8-6-5-7-28(30)32(27)47-31)35(43)25-9-11-26(12-10-25)39-34(42)29-19-23(2)20-38-33(29)40-21-37(22-40)14-17-45-18-15-37/h5-12,19-20H,4,13-18,21-22H2,1-3H3,(H,39,42). The molecule has 0 atom stereocenters. The third-order valence-corrected chi connectivity index (χ3v) is 10.9. The summed E-state index contributed by atoms with van der Waals surface area (Å²) in [6.45, 7) is 9.82. The number of hydrogen-bond acceptors (Lipinski definition) is 8. The van der Waals surface area contributed by atoms with Crippen LogP contribution < -0.4 is 15.1 Å². The molecule has 0 unspecified atom stereocenters. The van der Waals surface area contributed by atoms with E-state index in [9.17, 15) is 14.4 Å². The minimum absolute atomic E-state index is 0.126. The Kier molecular flexibility index (Phi) is 8.32. The number of nitrogens with one attached hydrogen (secondary N) is 1. The van der Waals surface area contributed by atoms with E-state index in [2.05, 4.69) is 15.2 Å². The Labute approximate surface area is 278 Å². The molecule has 0 aliphatic carbocycles. The van der Waals surface area contributed by atoms with Crippen LogP contribution >= 0.6 is 11.3 Å². The highest BCUT2D eigenvalue weighted by Gasteiger charge is 2.45. The zero-order valence-electron chi connectivity index (χ0n) is 26.9. The van der Waals surface area contributed by atoms with Gasteiger partial charge in [-0.1, -0.05) is 18.2 Å². The first-order chi connectivity index (χ1) is 22.8. The number of amides is 2. The average Bonchev–Trinajstić information content (AvgIpc) is 3.30. The Balaban J connectivity index is 1.08. The van der Waals surface area contributed by atoms with Gasteiger partial charge in [0.25, 0.3) is 11.8 Å². The first-order valence-corrected chi connectivity index (χ1v) is 17.0. The number of esters is 1. The zero-order valence-corrected chi connectivity index (χ0v) is 27.7. The van der Waals surface area contributed by atoms with E-state index >= 15 is 0 Å². The fraction of sp³-hybridized carbons (Fsp3) is 0.351. The van der Waals surface area contributed by atoms with Gasteiger partial charge in [-0.25, -0.2) is 9.78 Å². The van der Waals surface area contributed by atoms with Crippen molar-refractivity contribution in [3.63, 3.8) is 0 Å². The lowest BCUT2D eigenvalue weighted by atomic mass is 9.73. The number of carbonyl (C=O) groups is 3. The van der Waals surface area contributed by atoms with Crippen molar-refractivity contribution in [2.45, 2.75) is 40.0 Å². The van der Waals surface area contributed by atoms with E-state index in [4.69, 9.17) is 9.47 Å². The van der Waals surface area contributed by atoms with Gasteiger partial charge < -0.3 is 24.6 Å². The molecule has 3 aliphatic heterocycles. The Bertz CT molecular complexity index is 1850. The summed E-state index contributed by atoms with van der Waals surface area (Å²) in [6.07, 6.45) is 4.50. The van der Waals surface area contributed by atoms with Crippen LogP contribution in [0.5, 0.6) is 0 Å². The highest BCUT2D eigenvalue weighted by Crippen LogP contribution is 2.45. The van der Waals surface area contributed by atoms with E-state index in [0.29, 0.717) is 47.1 Å². The molecule has 242 valence electrons. The molecule has 7 rings (SSSR count). The number of anilines is 3. The lowest BCUT2D eigenvalue weighted by molar-refractivity contribution is -0.000512. The molecule has 2 fully saturated rings. The van der Waals surface area contributed by atoms with Crippen LogP contribution in [0.2, 0.25) is 0 Å². The van der Waals surface area contributed by atoms with Crippen LogP contribution in [0.15, 0.2) is 60.8 Å². The topological polar surface area (TPSA) is 101 Å². The van der Waals surface area contributed by atoms with E-state index in [1.54, 1.807) is 31.2 Å². The number of benzene rings is 2. The monoisotopic (exact) mass is 650 g/mol. The van der Waals surface area contributed by atoms with Gasteiger partial charge in [-0.2, -0.15) is 0 Å². The van der Waals surface area contributed by atoms with Crippen LogP contribution in [0.25, 0.3) is 10.4 Å². The van der Waals surface area contributed by atoms with Gasteiger partial charge in [-0.05, 0) is 93.1 Å². The van der Waals surface area contributed by atoms with E-state index in [-0.39, 0.29) is 23.2 Å². The Morgan fingerprint density at radius 2 is 1.79 bits per heavy atom. The first kappa shape index (κ1) is 31.1. The molecule has 2 amide bonds. The van der Waals surface area contributed by atoms with Crippen molar-refractivity contribution >= 4 is 46.3 Å². The molecule has 0 bridgehead atoms. The summed E-state index contributed by atoms with van der Waals surface area (Å²) in [6, 6.07) is 16.8. The Morgan fingerprint density at radius 3 is 2.53 bits per heavy atom. The molecule has 47 heavy (non-hydrogen) atoms. The number of aromatic nitrogens is 1. The van der Waals surface area contributed by atoms with Gasteiger partial charge in [0, 0.05) is 66.2 Å². The summed E-state index contributed by atoms with van der Waals surface area (Å²) in [5.74, 6) is 0.0431. The van der Waals surface area contributed by atoms with Gasteiger partial charge in [0.05, 0.1) is 17.9 Å². The van der Waals surface area contributed by atoms with E-state index in [0.717, 1.165) is 72.0 Å². The van der Waals surface area contributed by atoms with Crippen LogP contribution in [0.4, 0.5) is 17.2 Å². The van der Waals surface area contributed by atoms with Gasteiger partial charge in [0.15, 0.2) is 0 Å². The van der Waals surface area contributed by atoms with Gasteiger partial charge in [0.2, 0.25) is 0 Å². The van der Waals surface area contributed by atoms with Crippen LogP contribution in [0, 0.1) is 19.3 Å². The van der Waals surface area contributed by atoms with Crippen molar-refractivity contribution in [2.75, 3.05) is 54.6 Å². The third kappa shape index (κ3) is 5.80. The van der Waals surface area contributed by atoms with Crippen LogP contribution in [0.1, 0.15) is 66.8 Å². The normalized spacial score (nSPS) is 16.5. The SMILES string of the molecule is CCOC(=O)c1sc2c(c1C)CCN(C(=O)c1ccc(NC(=O)c3cc(C)cnc3N3CC4(CCOCC4)C3)cc1)c1ccccc1-2. The van der Waals surface area contributed by atoms with E-state index in [1.807, 2.05) is 55.3 Å². The minimum atomic E-state index is -0.306. The van der Waals surface area contributed by atoms with Gasteiger partial charge in [-0.15, -0.1) is 11.3 Å². The number of thiophene rings is 1. The molecule has 2 aromatic heterocycles. The first-order valence-electron chi connectivity index (χ1n) is 16.2. The molecule has 0 saturated carbocycles. The van der Waals surface area contributed by atoms with E-state index < -0.39 is 0 Å². The molecular formula is C37H38N4O5S. The lowest BCUT2D eigenvalue weighted by Crippen LogP contribution is -2.59. The predicted octanol–water partition coefficient (Wildman–Crippen LogP) is 6.68. The van der Waals surface area contributed by atoms with E-state index in [1.165, 1.54) is 11.3 Å². The number of hydrogen-bond donors (Lipinski definition) is 1. The van der Waals surface area contributed by atoms with Crippen LogP contribution in [-0.4, -0.2) is 62.2 Å². The second kappa shape index (κ2) is 12.6. The summed E-state index contributed by atoms with van der Waals surface area (Å²) < 4.78 is 10.9. The van der Waals surface area contributed by atoms with Crippen LogP contribution in [0.3, 0.4) is 0 Å². The summed E-state index contributed by atoms with van der Waals surface area (Å²) in [5, 5.41) is 3.02. The van der Waals surface area contributed by atoms with Crippen molar-refractivity contribution < 1.29 is 23.9 Å². The summed E-state index contributed by atoms with van der Waals surface area (Å²) >= 11 is 1.43. The molecule has 1 spiro atoms. The van der Waals surface area contributed by atoms with Gasteiger partial charge in [0.1, 0.15) is 10.7 Å². The van der Waals surface area contributed by atoms with Crippen molar-refractivity contribution in [3.05, 3.63) is 93.5 Å². The number of rotatable bonds is 6. The summed E-state index contributed by atoms with van der Waals surface area (Å²) in [7, 11) is 0. The fourth-order valence-electron chi connectivity index (χ4n) is 6.98. The summed E-state index contributed by atoms with van der Waals surface area (Å²) in [4.78, 5) is 50.4.